The zero-order valence-corrected chi connectivity index (χ0v) is 14.0. The SMILES string of the molecule is Oc1ccc(CCCCCCCCCCCCS)cc1O. The van der Waals surface area contributed by atoms with Crippen LogP contribution in [-0.2, 0) is 6.42 Å². The van der Waals surface area contributed by atoms with Crippen LogP contribution < -0.4 is 0 Å². The van der Waals surface area contributed by atoms with Crippen LogP contribution in [0.15, 0.2) is 18.2 Å². The van der Waals surface area contributed by atoms with Crippen LogP contribution >= 0.6 is 12.6 Å². The van der Waals surface area contributed by atoms with Crippen molar-refractivity contribution in [1.29, 1.82) is 0 Å². The van der Waals surface area contributed by atoms with Gasteiger partial charge in [0.2, 0.25) is 0 Å². The molecule has 3 heteroatoms. The van der Waals surface area contributed by atoms with Gasteiger partial charge >= 0.3 is 0 Å². The average Bonchev–Trinajstić information content (AvgIpc) is 2.48. The molecule has 0 amide bonds. The van der Waals surface area contributed by atoms with Crippen LogP contribution in [-0.4, -0.2) is 16.0 Å². The number of benzene rings is 1. The number of phenolic OH excluding ortho intramolecular Hbond substituents is 2. The van der Waals surface area contributed by atoms with Gasteiger partial charge in [-0.25, -0.2) is 0 Å². The summed E-state index contributed by atoms with van der Waals surface area (Å²) in [5.41, 5.74) is 1.11. The first-order chi connectivity index (χ1) is 10.2. The number of hydrogen-bond donors (Lipinski definition) is 3. The quantitative estimate of drug-likeness (QED) is 0.272. The second-order valence-corrected chi connectivity index (χ2v) is 6.28. The van der Waals surface area contributed by atoms with E-state index in [0.717, 1.165) is 24.2 Å². The summed E-state index contributed by atoms with van der Waals surface area (Å²) in [5.74, 6) is 0.984. The molecule has 0 spiro atoms. The summed E-state index contributed by atoms with van der Waals surface area (Å²) in [5, 5.41) is 18.7. The van der Waals surface area contributed by atoms with E-state index in [2.05, 4.69) is 12.6 Å². The summed E-state index contributed by atoms with van der Waals surface area (Å²) in [4.78, 5) is 0. The number of aromatic hydroxyl groups is 2. The van der Waals surface area contributed by atoms with Gasteiger partial charge in [-0.15, -0.1) is 0 Å². The van der Waals surface area contributed by atoms with E-state index in [4.69, 9.17) is 0 Å². The zero-order chi connectivity index (χ0) is 15.3. The molecular formula is C18H30O2S. The van der Waals surface area contributed by atoms with E-state index in [1.807, 2.05) is 6.07 Å². The highest BCUT2D eigenvalue weighted by Gasteiger charge is 2.00. The summed E-state index contributed by atoms with van der Waals surface area (Å²) in [7, 11) is 0. The third kappa shape index (κ3) is 8.92. The van der Waals surface area contributed by atoms with Crippen LogP contribution in [0.1, 0.15) is 69.8 Å². The molecule has 0 unspecified atom stereocenters. The lowest BCUT2D eigenvalue weighted by Crippen LogP contribution is -1.87. The van der Waals surface area contributed by atoms with Gasteiger partial charge in [-0.2, -0.15) is 12.6 Å². The summed E-state index contributed by atoms with van der Waals surface area (Å²) in [6.45, 7) is 0. The molecular weight excluding hydrogens is 280 g/mol. The molecule has 0 aliphatic heterocycles. The molecule has 2 nitrogen and oxygen atoms in total. The highest BCUT2D eigenvalue weighted by molar-refractivity contribution is 7.80. The van der Waals surface area contributed by atoms with E-state index in [1.165, 1.54) is 57.8 Å². The Kier molecular flexibility index (Phi) is 10.2. The standard InChI is InChI=1S/C18H30O2S/c19-17-13-12-16(15-18(17)20)11-9-7-5-3-1-2-4-6-8-10-14-21/h12-13,15,19-21H,1-11,14H2. The third-order valence-corrected chi connectivity index (χ3v) is 4.23. The second-order valence-electron chi connectivity index (χ2n) is 5.83. The van der Waals surface area contributed by atoms with Crippen molar-refractivity contribution in [2.75, 3.05) is 5.75 Å². The Morgan fingerprint density at radius 3 is 1.71 bits per heavy atom. The Morgan fingerprint density at radius 2 is 1.19 bits per heavy atom. The molecule has 0 saturated carbocycles. The lowest BCUT2D eigenvalue weighted by atomic mass is 10.0. The molecule has 1 rings (SSSR count). The molecule has 0 aliphatic carbocycles. The van der Waals surface area contributed by atoms with Gasteiger partial charge in [-0.1, -0.05) is 57.4 Å². The molecule has 2 N–H and O–H groups in total. The molecule has 120 valence electrons. The summed E-state index contributed by atoms with van der Waals surface area (Å²) in [6, 6.07) is 5.12. The van der Waals surface area contributed by atoms with E-state index in [0.29, 0.717) is 0 Å². The highest BCUT2D eigenvalue weighted by Crippen LogP contribution is 2.25. The maximum atomic E-state index is 9.42. The predicted molar refractivity (Wildman–Crippen MR) is 93.5 cm³/mol. The van der Waals surface area contributed by atoms with Gasteiger partial charge in [-0.05, 0) is 42.7 Å². The number of aryl methyl sites for hydroxylation is 1. The van der Waals surface area contributed by atoms with E-state index in [9.17, 15) is 10.2 Å². The van der Waals surface area contributed by atoms with Crippen LogP contribution in [0.25, 0.3) is 0 Å². The first-order valence-corrected chi connectivity index (χ1v) is 8.99. The van der Waals surface area contributed by atoms with Crippen LogP contribution in [0.4, 0.5) is 0 Å². The lowest BCUT2D eigenvalue weighted by Gasteiger charge is -2.04. The lowest BCUT2D eigenvalue weighted by molar-refractivity contribution is 0.403. The van der Waals surface area contributed by atoms with Gasteiger partial charge in [0.15, 0.2) is 11.5 Å². The van der Waals surface area contributed by atoms with E-state index in [1.54, 1.807) is 12.1 Å². The minimum absolute atomic E-state index is 0.00887. The molecule has 21 heavy (non-hydrogen) atoms. The van der Waals surface area contributed by atoms with Crippen molar-refractivity contribution in [3.8, 4) is 11.5 Å². The number of phenols is 2. The molecule has 0 aromatic heterocycles. The maximum Gasteiger partial charge on any atom is 0.157 e. The molecule has 0 saturated heterocycles. The first-order valence-electron chi connectivity index (χ1n) is 8.36. The number of unbranched alkanes of at least 4 members (excludes halogenated alkanes) is 9. The van der Waals surface area contributed by atoms with Gasteiger partial charge < -0.3 is 10.2 Å². The monoisotopic (exact) mass is 310 g/mol. The van der Waals surface area contributed by atoms with Crippen molar-refractivity contribution in [1.82, 2.24) is 0 Å². The van der Waals surface area contributed by atoms with E-state index < -0.39 is 0 Å². The Labute approximate surface area is 135 Å². The summed E-state index contributed by atoms with van der Waals surface area (Å²) in [6.07, 6.45) is 14.1. The van der Waals surface area contributed by atoms with Crippen molar-refractivity contribution >= 4 is 12.6 Å². The van der Waals surface area contributed by atoms with Crippen molar-refractivity contribution in [2.45, 2.75) is 70.6 Å². The smallest absolute Gasteiger partial charge is 0.157 e. The molecule has 0 aliphatic rings. The van der Waals surface area contributed by atoms with Crippen LogP contribution in [0.5, 0.6) is 11.5 Å². The van der Waals surface area contributed by atoms with Crippen molar-refractivity contribution in [2.24, 2.45) is 0 Å². The van der Waals surface area contributed by atoms with Crippen molar-refractivity contribution in [3.05, 3.63) is 23.8 Å². The van der Waals surface area contributed by atoms with Gasteiger partial charge in [0, 0.05) is 0 Å². The van der Waals surface area contributed by atoms with Crippen LogP contribution in [0, 0.1) is 0 Å². The zero-order valence-electron chi connectivity index (χ0n) is 13.1. The molecule has 0 atom stereocenters. The predicted octanol–water partition coefficient (Wildman–Crippen LogP) is 5.47. The Bertz CT molecular complexity index is 379. The van der Waals surface area contributed by atoms with Gasteiger partial charge in [-0.3, -0.25) is 0 Å². The van der Waals surface area contributed by atoms with E-state index >= 15 is 0 Å². The summed E-state index contributed by atoms with van der Waals surface area (Å²) >= 11 is 4.22. The van der Waals surface area contributed by atoms with Gasteiger partial charge in [0.1, 0.15) is 0 Å². The molecule has 1 aromatic carbocycles. The number of hydrogen-bond acceptors (Lipinski definition) is 3. The third-order valence-electron chi connectivity index (χ3n) is 3.91. The minimum Gasteiger partial charge on any atom is -0.504 e. The molecule has 0 bridgehead atoms. The van der Waals surface area contributed by atoms with Crippen LogP contribution in [0.3, 0.4) is 0 Å². The molecule has 0 heterocycles. The topological polar surface area (TPSA) is 40.5 Å². The molecule has 0 fully saturated rings. The summed E-state index contributed by atoms with van der Waals surface area (Å²) < 4.78 is 0. The molecule has 0 radical (unpaired) electrons. The van der Waals surface area contributed by atoms with E-state index in [-0.39, 0.29) is 11.5 Å². The minimum atomic E-state index is -0.0341. The van der Waals surface area contributed by atoms with Crippen molar-refractivity contribution in [3.63, 3.8) is 0 Å². The second kappa shape index (κ2) is 11.8. The fraction of sp³-hybridized carbons (Fsp3) is 0.667. The Hall–Kier alpha value is -0.830. The fourth-order valence-corrected chi connectivity index (χ4v) is 2.80. The van der Waals surface area contributed by atoms with Crippen molar-refractivity contribution < 1.29 is 10.2 Å². The maximum absolute atomic E-state index is 9.42. The normalized spacial score (nSPS) is 10.9. The van der Waals surface area contributed by atoms with Gasteiger partial charge in [0.25, 0.3) is 0 Å². The first kappa shape index (κ1) is 18.2. The largest absolute Gasteiger partial charge is 0.504 e. The number of thiol groups is 1. The molecule has 1 aromatic rings. The highest BCUT2D eigenvalue weighted by atomic mass is 32.1. The Balaban J connectivity index is 1.91. The number of rotatable bonds is 12. The Morgan fingerprint density at radius 1 is 0.667 bits per heavy atom. The fourth-order valence-electron chi connectivity index (χ4n) is 2.58. The van der Waals surface area contributed by atoms with Crippen LogP contribution in [0.2, 0.25) is 0 Å². The average molecular weight is 311 g/mol. The van der Waals surface area contributed by atoms with Gasteiger partial charge in [0.05, 0.1) is 0 Å².